The highest BCUT2D eigenvalue weighted by Crippen LogP contribution is 2.22. The molecule has 7 nitrogen and oxygen atoms in total. The van der Waals surface area contributed by atoms with Crippen LogP contribution >= 0.6 is 0 Å². The quantitative estimate of drug-likeness (QED) is 0.836. The molecule has 1 unspecified atom stereocenters. The van der Waals surface area contributed by atoms with Gasteiger partial charge in [0.05, 0.1) is 13.0 Å². The van der Waals surface area contributed by atoms with Gasteiger partial charge in [0.1, 0.15) is 0 Å². The number of amides is 1. The first-order valence-electron chi connectivity index (χ1n) is 9.02. The molecule has 1 aliphatic heterocycles. The monoisotopic (exact) mass is 368 g/mol. The number of hydrogen-bond donors (Lipinski definition) is 1. The molecule has 1 atom stereocenters. The molecule has 0 bridgehead atoms. The number of aryl methyl sites for hydroxylation is 2. The van der Waals surface area contributed by atoms with Gasteiger partial charge in [-0.25, -0.2) is 9.97 Å². The largest absolute Gasteiger partial charge is 0.469 e. The van der Waals surface area contributed by atoms with Crippen LogP contribution in [0.4, 0.5) is 11.6 Å². The highest BCUT2D eigenvalue weighted by Gasteiger charge is 2.29. The lowest BCUT2D eigenvalue weighted by Gasteiger charge is -2.31. The van der Waals surface area contributed by atoms with E-state index in [9.17, 15) is 9.59 Å². The van der Waals surface area contributed by atoms with Crippen molar-refractivity contribution in [3.05, 3.63) is 47.3 Å². The minimum atomic E-state index is -0.255. The number of likely N-dealkylation sites (tertiary alicyclic amines) is 1. The Morgan fingerprint density at radius 1 is 1.19 bits per heavy atom. The molecule has 3 rings (SSSR count). The first-order valence-corrected chi connectivity index (χ1v) is 9.02. The number of ether oxygens (including phenoxy) is 1. The van der Waals surface area contributed by atoms with Crippen molar-refractivity contribution in [3.63, 3.8) is 0 Å². The number of methoxy groups -OCH3 is 1. The summed E-state index contributed by atoms with van der Waals surface area (Å²) in [4.78, 5) is 35.1. The van der Waals surface area contributed by atoms with Crippen LogP contribution in [-0.2, 0) is 9.53 Å². The van der Waals surface area contributed by atoms with Crippen molar-refractivity contribution < 1.29 is 14.3 Å². The summed E-state index contributed by atoms with van der Waals surface area (Å²) in [6, 6.07) is 9.15. The van der Waals surface area contributed by atoms with E-state index in [2.05, 4.69) is 15.3 Å². The number of benzene rings is 1. The van der Waals surface area contributed by atoms with E-state index in [1.165, 1.54) is 7.11 Å². The predicted octanol–water partition coefficient (Wildman–Crippen LogP) is 2.86. The van der Waals surface area contributed by atoms with Crippen LogP contribution in [0.3, 0.4) is 0 Å². The van der Waals surface area contributed by atoms with E-state index in [1.54, 1.807) is 17.0 Å². The second-order valence-corrected chi connectivity index (χ2v) is 6.79. The van der Waals surface area contributed by atoms with Gasteiger partial charge in [0.15, 0.2) is 0 Å². The number of piperidine rings is 1. The van der Waals surface area contributed by atoms with Gasteiger partial charge in [-0.1, -0.05) is 6.07 Å². The molecular weight excluding hydrogens is 344 g/mol. The zero-order chi connectivity index (χ0) is 19.4. The van der Waals surface area contributed by atoms with E-state index in [0.29, 0.717) is 24.6 Å². The summed E-state index contributed by atoms with van der Waals surface area (Å²) in [7, 11) is 1.38. The van der Waals surface area contributed by atoms with Crippen LogP contribution in [0, 0.1) is 19.8 Å². The Bertz CT molecular complexity index is 833. The predicted molar refractivity (Wildman–Crippen MR) is 102 cm³/mol. The highest BCUT2D eigenvalue weighted by atomic mass is 16.5. The Morgan fingerprint density at radius 3 is 2.63 bits per heavy atom. The number of aromatic nitrogens is 2. The molecule has 2 aromatic rings. The van der Waals surface area contributed by atoms with Crippen molar-refractivity contribution in [2.45, 2.75) is 26.7 Å². The number of carbonyl (C=O) groups is 2. The van der Waals surface area contributed by atoms with Crippen molar-refractivity contribution in [2.24, 2.45) is 5.92 Å². The van der Waals surface area contributed by atoms with Crippen molar-refractivity contribution in [1.82, 2.24) is 14.9 Å². The van der Waals surface area contributed by atoms with Crippen LogP contribution in [-0.4, -0.2) is 46.9 Å². The summed E-state index contributed by atoms with van der Waals surface area (Å²) in [6.07, 6.45) is 1.54. The normalized spacial score (nSPS) is 16.7. The summed E-state index contributed by atoms with van der Waals surface area (Å²) in [5.74, 6) is -0.0954. The Balaban J connectivity index is 1.74. The lowest BCUT2D eigenvalue weighted by Crippen LogP contribution is -2.42. The van der Waals surface area contributed by atoms with E-state index < -0.39 is 0 Å². The SMILES string of the molecule is COC(=O)C1CCCN(C(=O)c2cccc(Nc3nc(C)cc(C)n3)c2)C1. The average Bonchev–Trinajstić information content (AvgIpc) is 2.66. The first-order chi connectivity index (χ1) is 13.0. The molecule has 1 aromatic heterocycles. The molecule has 1 N–H and O–H groups in total. The molecule has 1 aromatic carbocycles. The maximum atomic E-state index is 12.9. The molecule has 0 radical (unpaired) electrons. The Morgan fingerprint density at radius 2 is 1.93 bits per heavy atom. The molecule has 0 aliphatic carbocycles. The maximum absolute atomic E-state index is 12.9. The van der Waals surface area contributed by atoms with E-state index in [1.807, 2.05) is 32.0 Å². The van der Waals surface area contributed by atoms with E-state index in [-0.39, 0.29) is 17.8 Å². The van der Waals surface area contributed by atoms with Crippen LogP contribution < -0.4 is 5.32 Å². The Hall–Kier alpha value is -2.96. The van der Waals surface area contributed by atoms with Gasteiger partial charge in [0, 0.05) is 35.7 Å². The lowest BCUT2D eigenvalue weighted by atomic mass is 9.97. The molecule has 142 valence electrons. The molecule has 0 spiro atoms. The molecule has 2 heterocycles. The third-order valence-corrected chi connectivity index (χ3v) is 4.59. The molecule has 1 aliphatic rings. The summed E-state index contributed by atoms with van der Waals surface area (Å²) < 4.78 is 4.83. The number of nitrogens with one attached hydrogen (secondary N) is 1. The molecule has 1 amide bonds. The smallest absolute Gasteiger partial charge is 0.310 e. The standard InChI is InChI=1S/C20H24N4O3/c1-13-10-14(2)22-20(21-13)23-17-8-4-6-15(11-17)18(25)24-9-5-7-16(12-24)19(26)27-3/h4,6,8,10-11,16H,5,7,9,12H2,1-3H3,(H,21,22,23). The van der Waals surface area contributed by atoms with Crippen LogP contribution in [0.25, 0.3) is 0 Å². The summed E-state index contributed by atoms with van der Waals surface area (Å²) in [5.41, 5.74) is 3.06. The number of nitrogens with zero attached hydrogens (tertiary/aromatic N) is 3. The number of esters is 1. The highest BCUT2D eigenvalue weighted by molar-refractivity contribution is 5.95. The minimum absolute atomic E-state index is 0.0893. The van der Waals surface area contributed by atoms with Gasteiger partial charge in [-0.2, -0.15) is 0 Å². The van der Waals surface area contributed by atoms with Crippen LogP contribution in [0.2, 0.25) is 0 Å². The number of hydrogen-bond acceptors (Lipinski definition) is 6. The Labute approximate surface area is 158 Å². The van der Waals surface area contributed by atoms with Gasteiger partial charge < -0.3 is 15.0 Å². The fourth-order valence-electron chi connectivity index (χ4n) is 3.34. The zero-order valence-electron chi connectivity index (χ0n) is 15.9. The topological polar surface area (TPSA) is 84.4 Å². The average molecular weight is 368 g/mol. The number of anilines is 2. The second kappa shape index (κ2) is 8.16. The first kappa shape index (κ1) is 18.8. The Kier molecular flexibility index (Phi) is 5.69. The molecular formula is C20H24N4O3. The fourth-order valence-corrected chi connectivity index (χ4v) is 3.34. The third-order valence-electron chi connectivity index (χ3n) is 4.59. The number of rotatable bonds is 4. The van der Waals surface area contributed by atoms with Gasteiger partial charge in [0.2, 0.25) is 5.95 Å². The van der Waals surface area contributed by atoms with E-state index in [0.717, 1.165) is 29.9 Å². The van der Waals surface area contributed by atoms with Crippen molar-refractivity contribution >= 4 is 23.5 Å². The second-order valence-electron chi connectivity index (χ2n) is 6.79. The van der Waals surface area contributed by atoms with E-state index in [4.69, 9.17) is 4.74 Å². The van der Waals surface area contributed by atoms with Crippen LogP contribution in [0.15, 0.2) is 30.3 Å². The molecule has 7 heteroatoms. The molecule has 27 heavy (non-hydrogen) atoms. The third kappa shape index (κ3) is 4.61. The fraction of sp³-hybridized carbons (Fsp3) is 0.400. The summed E-state index contributed by atoms with van der Waals surface area (Å²) >= 11 is 0. The van der Waals surface area contributed by atoms with Crippen molar-refractivity contribution in [2.75, 3.05) is 25.5 Å². The van der Waals surface area contributed by atoms with Crippen LogP contribution in [0.1, 0.15) is 34.6 Å². The van der Waals surface area contributed by atoms with Gasteiger partial charge in [0.25, 0.3) is 5.91 Å². The minimum Gasteiger partial charge on any atom is -0.469 e. The van der Waals surface area contributed by atoms with Gasteiger partial charge in [-0.3, -0.25) is 9.59 Å². The number of carbonyl (C=O) groups excluding carboxylic acids is 2. The molecule has 1 fully saturated rings. The van der Waals surface area contributed by atoms with Crippen LogP contribution in [0.5, 0.6) is 0 Å². The van der Waals surface area contributed by atoms with E-state index >= 15 is 0 Å². The summed E-state index contributed by atoms with van der Waals surface area (Å²) in [6.45, 7) is 4.86. The lowest BCUT2D eigenvalue weighted by molar-refractivity contribution is -0.146. The van der Waals surface area contributed by atoms with Crippen molar-refractivity contribution in [3.8, 4) is 0 Å². The van der Waals surface area contributed by atoms with Gasteiger partial charge in [-0.15, -0.1) is 0 Å². The molecule has 1 saturated heterocycles. The van der Waals surface area contributed by atoms with Gasteiger partial charge >= 0.3 is 5.97 Å². The summed E-state index contributed by atoms with van der Waals surface area (Å²) in [5, 5.41) is 3.15. The van der Waals surface area contributed by atoms with Crippen molar-refractivity contribution in [1.29, 1.82) is 0 Å². The maximum Gasteiger partial charge on any atom is 0.310 e. The zero-order valence-corrected chi connectivity index (χ0v) is 15.9. The molecule has 0 saturated carbocycles. The van der Waals surface area contributed by atoms with Gasteiger partial charge in [-0.05, 0) is 51.0 Å².